The predicted octanol–water partition coefficient (Wildman–Crippen LogP) is 4.77. The summed E-state index contributed by atoms with van der Waals surface area (Å²) in [6, 6.07) is 8.11. The van der Waals surface area contributed by atoms with Crippen molar-refractivity contribution in [3.63, 3.8) is 0 Å². The first-order chi connectivity index (χ1) is 14.7. The van der Waals surface area contributed by atoms with Crippen LogP contribution in [0.2, 0.25) is 0 Å². The molecule has 0 saturated heterocycles. The molecule has 10 heteroatoms. The van der Waals surface area contributed by atoms with Gasteiger partial charge in [0.05, 0.1) is 16.2 Å². The lowest BCUT2D eigenvalue weighted by molar-refractivity contribution is -0.385. The Morgan fingerprint density at radius 3 is 2.55 bits per heavy atom. The quantitative estimate of drug-likeness (QED) is 0.338. The van der Waals surface area contributed by atoms with Crippen LogP contribution in [-0.2, 0) is 25.7 Å². The molecule has 0 N–H and O–H groups in total. The second-order valence-corrected chi connectivity index (χ2v) is 7.23. The van der Waals surface area contributed by atoms with Gasteiger partial charge in [0.25, 0.3) is 5.69 Å². The van der Waals surface area contributed by atoms with Gasteiger partial charge in [-0.25, -0.2) is 14.4 Å². The maximum absolute atomic E-state index is 14.1. The number of rotatable bonds is 4. The molecule has 0 bridgehead atoms. The molecule has 1 aliphatic heterocycles. The van der Waals surface area contributed by atoms with E-state index in [0.717, 1.165) is 35.5 Å². The molecular formula is C21H16F4N4O2. The number of non-ortho nitro benzene ring substituents is 1. The minimum absolute atomic E-state index is 0.168. The lowest BCUT2D eigenvalue weighted by Crippen LogP contribution is -2.31. The monoisotopic (exact) mass is 432 g/mol. The average Bonchev–Trinajstić information content (AvgIpc) is 2.74. The van der Waals surface area contributed by atoms with Crippen LogP contribution in [0.5, 0.6) is 0 Å². The van der Waals surface area contributed by atoms with Gasteiger partial charge in [0.1, 0.15) is 5.82 Å². The van der Waals surface area contributed by atoms with Gasteiger partial charge in [-0.1, -0.05) is 12.1 Å². The van der Waals surface area contributed by atoms with Crippen LogP contribution in [0, 0.1) is 15.9 Å². The number of hydrogen-bond acceptors (Lipinski definition) is 5. The molecule has 2 heterocycles. The van der Waals surface area contributed by atoms with E-state index in [1.165, 1.54) is 18.2 Å². The molecular weight excluding hydrogens is 416 g/mol. The highest BCUT2D eigenvalue weighted by Crippen LogP contribution is 2.31. The lowest BCUT2D eigenvalue weighted by Gasteiger charge is -2.28. The Hall–Kier alpha value is -3.40. The van der Waals surface area contributed by atoms with E-state index in [1.807, 2.05) is 4.90 Å². The fourth-order valence-electron chi connectivity index (χ4n) is 3.49. The number of nitro groups is 1. The molecule has 160 valence electrons. The summed E-state index contributed by atoms with van der Waals surface area (Å²) in [7, 11) is 0. The smallest absolute Gasteiger partial charge is 0.294 e. The Morgan fingerprint density at radius 1 is 1.13 bits per heavy atom. The second kappa shape index (κ2) is 8.03. The normalized spacial score (nSPS) is 14.3. The van der Waals surface area contributed by atoms with Gasteiger partial charge >= 0.3 is 6.18 Å². The fourth-order valence-corrected chi connectivity index (χ4v) is 3.49. The highest BCUT2D eigenvalue weighted by Gasteiger charge is 2.30. The summed E-state index contributed by atoms with van der Waals surface area (Å²) in [4.78, 5) is 21.1. The van der Waals surface area contributed by atoms with Crippen LogP contribution < -0.4 is 0 Å². The van der Waals surface area contributed by atoms with Crippen LogP contribution in [-0.4, -0.2) is 26.3 Å². The molecule has 4 rings (SSSR count). The Balaban J connectivity index is 1.50. The summed E-state index contributed by atoms with van der Waals surface area (Å²) < 4.78 is 52.3. The predicted molar refractivity (Wildman–Crippen MR) is 103 cm³/mol. The van der Waals surface area contributed by atoms with Crippen LogP contribution in [0.3, 0.4) is 0 Å². The Kier molecular flexibility index (Phi) is 5.40. The molecule has 3 aromatic rings. The SMILES string of the molecule is O=[N+]([O-])c1ccc(F)c(CN2CCc3nc(-c4ccc(C(F)(F)F)cc4)ncc3C2)c1. The second-order valence-electron chi connectivity index (χ2n) is 7.23. The van der Waals surface area contributed by atoms with Crippen LogP contribution >= 0.6 is 0 Å². The van der Waals surface area contributed by atoms with Gasteiger partial charge in [-0.3, -0.25) is 15.0 Å². The first-order valence-electron chi connectivity index (χ1n) is 9.38. The maximum atomic E-state index is 14.1. The van der Waals surface area contributed by atoms with Crippen LogP contribution in [0.4, 0.5) is 23.2 Å². The molecule has 0 amide bonds. The number of alkyl halides is 3. The van der Waals surface area contributed by atoms with Crippen molar-refractivity contribution >= 4 is 5.69 Å². The van der Waals surface area contributed by atoms with Gasteiger partial charge in [0.2, 0.25) is 0 Å². The van der Waals surface area contributed by atoms with Crippen molar-refractivity contribution in [2.75, 3.05) is 6.54 Å². The third-order valence-corrected chi connectivity index (χ3v) is 5.12. The number of fused-ring (bicyclic) bond motifs is 1. The number of aromatic nitrogens is 2. The van der Waals surface area contributed by atoms with Crippen molar-refractivity contribution in [2.45, 2.75) is 25.7 Å². The van der Waals surface area contributed by atoms with E-state index in [-0.39, 0.29) is 17.8 Å². The highest BCUT2D eigenvalue weighted by atomic mass is 19.4. The zero-order valence-corrected chi connectivity index (χ0v) is 16.1. The molecule has 6 nitrogen and oxygen atoms in total. The van der Waals surface area contributed by atoms with Crippen LogP contribution in [0.15, 0.2) is 48.7 Å². The lowest BCUT2D eigenvalue weighted by atomic mass is 10.0. The molecule has 0 spiro atoms. The van der Waals surface area contributed by atoms with E-state index in [9.17, 15) is 27.7 Å². The number of benzene rings is 2. The van der Waals surface area contributed by atoms with Crippen molar-refractivity contribution in [3.8, 4) is 11.4 Å². The van der Waals surface area contributed by atoms with Gasteiger partial charge in [0.15, 0.2) is 5.82 Å². The largest absolute Gasteiger partial charge is 0.416 e. The van der Waals surface area contributed by atoms with E-state index < -0.39 is 22.5 Å². The Labute approximate surface area is 174 Å². The summed E-state index contributed by atoms with van der Waals surface area (Å²) in [5.74, 6) is -0.170. The fraction of sp³-hybridized carbons (Fsp3) is 0.238. The summed E-state index contributed by atoms with van der Waals surface area (Å²) in [6.45, 7) is 1.19. The molecule has 0 atom stereocenters. The van der Waals surface area contributed by atoms with Crippen LogP contribution in [0.25, 0.3) is 11.4 Å². The van der Waals surface area contributed by atoms with Crippen molar-refractivity contribution in [1.82, 2.24) is 14.9 Å². The van der Waals surface area contributed by atoms with Crippen molar-refractivity contribution in [1.29, 1.82) is 0 Å². The maximum Gasteiger partial charge on any atom is 0.416 e. The molecule has 0 aliphatic carbocycles. The molecule has 1 aliphatic rings. The summed E-state index contributed by atoms with van der Waals surface area (Å²) in [6.07, 6.45) is -2.25. The summed E-state index contributed by atoms with van der Waals surface area (Å²) >= 11 is 0. The van der Waals surface area contributed by atoms with Crippen LogP contribution in [0.1, 0.15) is 22.4 Å². The molecule has 1 aromatic heterocycles. The molecule has 0 unspecified atom stereocenters. The third kappa shape index (κ3) is 4.53. The minimum atomic E-state index is -4.41. The summed E-state index contributed by atoms with van der Waals surface area (Å²) in [5.41, 5.74) is 1.42. The average molecular weight is 432 g/mol. The van der Waals surface area contributed by atoms with Crippen molar-refractivity contribution in [3.05, 3.63) is 87.0 Å². The van der Waals surface area contributed by atoms with E-state index in [1.54, 1.807) is 6.20 Å². The van der Waals surface area contributed by atoms with E-state index in [2.05, 4.69) is 9.97 Å². The highest BCUT2D eigenvalue weighted by molar-refractivity contribution is 5.56. The van der Waals surface area contributed by atoms with Crippen molar-refractivity contribution in [2.24, 2.45) is 0 Å². The van der Waals surface area contributed by atoms with E-state index in [0.29, 0.717) is 30.9 Å². The minimum Gasteiger partial charge on any atom is -0.294 e. The third-order valence-electron chi connectivity index (χ3n) is 5.12. The number of nitrogens with zero attached hydrogens (tertiary/aromatic N) is 4. The zero-order valence-electron chi connectivity index (χ0n) is 16.1. The van der Waals surface area contributed by atoms with Gasteiger partial charge in [-0.05, 0) is 18.2 Å². The number of nitro benzene ring substituents is 1. The molecule has 0 fully saturated rings. The molecule has 0 saturated carbocycles. The zero-order chi connectivity index (χ0) is 22.2. The number of hydrogen-bond donors (Lipinski definition) is 0. The van der Waals surface area contributed by atoms with Gasteiger partial charge in [-0.15, -0.1) is 0 Å². The topological polar surface area (TPSA) is 72.2 Å². The molecule has 31 heavy (non-hydrogen) atoms. The van der Waals surface area contributed by atoms with E-state index >= 15 is 0 Å². The first-order valence-corrected chi connectivity index (χ1v) is 9.38. The standard InChI is InChI=1S/C21H16F4N4O2/c22-18-6-5-17(29(30)31)9-14(18)11-28-8-7-19-15(12-28)10-26-20(27-19)13-1-3-16(4-2-13)21(23,24)25/h1-6,9-10H,7-8,11-12H2. The van der Waals surface area contributed by atoms with Gasteiger partial charge in [0, 0.05) is 61.1 Å². The molecule has 0 radical (unpaired) electrons. The van der Waals surface area contributed by atoms with E-state index in [4.69, 9.17) is 0 Å². The molecule has 2 aromatic carbocycles. The van der Waals surface area contributed by atoms with Gasteiger partial charge < -0.3 is 0 Å². The first kappa shape index (κ1) is 20.9. The van der Waals surface area contributed by atoms with Gasteiger partial charge in [-0.2, -0.15) is 13.2 Å². The Morgan fingerprint density at radius 2 is 1.87 bits per heavy atom. The summed E-state index contributed by atoms with van der Waals surface area (Å²) in [5, 5.41) is 10.9. The van der Waals surface area contributed by atoms with Crippen molar-refractivity contribution < 1.29 is 22.5 Å². The number of halogens is 4. The Bertz CT molecular complexity index is 1130.